The summed E-state index contributed by atoms with van der Waals surface area (Å²) in [6.45, 7) is 4.50. The molecule has 0 radical (unpaired) electrons. The van der Waals surface area contributed by atoms with Gasteiger partial charge in [-0.1, -0.05) is 20.3 Å². The third-order valence-corrected chi connectivity index (χ3v) is 8.04. The summed E-state index contributed by atoms with van der Waals surface area (Å²) in [4.78, 5) is 0. The zero-order valence-electron chi connectivity index (χ0n) is 10.1. The lowest BCUT2D eigenvalue weighted by molar-refractivity contribution is 0.186. The molecule has 0 rings (SSSR count). The summed E-state index contributed by atoms with van der Waals surface area (Å²) in [5.41, 5.74) is 0.669. The molecular formula is C10H24O3Si. The van der Waals surface area contributed by atoms with Crippen molar-refractivity contribution in [3.05, 3.63) is 0 Å². The van der Waals surface area contributed by atoms with Gasteiger partial charge in [-0.3, -0.25) is 0 Å². The standard InChI is InChI=1S/C10H24O3Si/c1-6-10(2)14(7-11-3,8-12-4)9-13-5/h10H,6-9H2,1-5H3. The van der Waals surface area contributed by atoms with Gasteiger partial charge in [0.05, 0.1) is 0 Å². The zero-order chi connectivity index (χ0) is 11.0. The second kappa shape index (κ2) is 7.40. The Balaban J connectivity index is 4.53. The SMILES string of the molecule is CCC(C)[Si](COC)(COC)COC. The maximum absolute atomic E-state index is 5.34. The molecule has 3 nitrogen and oxygen atoms in total. The second-order valence-corrected chi connectivity index (χ2v) is 8.55. The van der Waals surface area contributed by atoms with Crippen molar-refractivity contribution < 1.29 is 14.2 Å². The van der Waals surface area contributed by atoms with Crippen molar-refractivity contribution in [2.45, 2.75) is 25.8 Å². The molecule has 4 heteroatoms. The molecule has 0 fully saturated rings. The molecule has 0 aromatic carbocycles. The molecule has 0 N–H and O–H groups in total. The van der Waals surface area contributed by atoms with E-state index in [1.807, 2.05) is 0 Å². The predicted molar refractivity (Wildman–Crippen MR) is 61.1 cm³/mol. The molecule has 86 valence electrons. The van der Waals surface area contributed by atoms with Gasteiger partial charge < -0.3 is 14.2 Å². The van der Waals surface area contributed by atoms with Crippen molar-refractivity contribution in [3.8, 4) is 0 Å². The summed E-state index contributed by atoms with van der Waals surface area (Å²) in [7, 11) is 3.71. The molecule has 1 unspecified atom stereocenters. The van der Waals surface area contributed by atoms with Crippen LogP contribution in [-0.4, -0.2) is 48.1 Å². The molecule has 0 saturated carbocycles. The van der Waals surface area contributed by atoms with E-state index in [9.17, 15) is 0 Å². The average Bonchev–Trinajstić information content (AvgIpc) is 2.17. The highest BCUT2D eigenvalue weighted by molar-refractivity contribution is 6.81. The van der Waals surface area contributed by atoms with Crippen molar-refractivity contribution in [3.63, 3.8) is 0 Å². The van der Waals surface area contributed by atoms with Crippen LogP contribution in [0, 0.1) is 0 Å². The van der Waals surface area contributed by atoms with Crippen LogP contribution in [0.15, 0.2) is 0 Å². The summed E-state index contributed by atoms with van der Waals surface area (Å²) < 4.78 is 16.0. The van der Waals surface area contributed by atoms with Crippen LogP contribution in [0.3, 0.4) is 0 Å². The number of hydrogen-bond acceptors (Lipinski definition) is 3. The molecule has 0 heterocycles. The molecule has 0 saturated heterocycles. The van der Waals surface area contributed by atoms with Gasteiger partial charge in [-0.2, -0.15) is 0 Å². The van der Waals surface area contributed by atoms with Crippen molar-refractivity contribution >= 4 is 8.07 Å². The van der Waals surface area contributed by atoms with Gasteiger partial charge in [0.25, 0.3) is 0 Å². The first-order valence-corrected chi connectivity index (χ1v) is 7.83. The third kappa shape index (κ3) is 3.69. The van der Waals surface area contributed by atoms with E-state index < -0.39 is 8.07 Å². The first-order chi connectivity index (χ1) is 6.66. The van der Waals surface area contributed by atoms with E-state index in [2.05, 4.69) is 13.8 Å². The Morgan fingerprint density at radius 2 is 1.29 bits per heavy atom. The quantitative estimate of drug-likeness (QED) is 0.584. The maximum Gasteiger partial charge on any atom is 0.143 e. The third-order valence-electron chi connectivity index (χ3n) is 2.95. The van der Waals surface area contributed by atoms with E-state index in [-0.39, 0.29) is 0 Å². The van der Waals surface area contributed by atoms with Gasteiger partial charge >= 0.3 is 0 Å². The van der Waals surface area contributed by atoms with Crippen LogP contribution < -0.4 is 0 Å². The molecule has 0 amide bonds. The van der Waals surface area contributed by atoms with E-state index in [4.69, 9.17) is 14.2 Å². The van der Waals surface area contributed by atoms with E-state index >= 15 is 0 Å². The lowest BCUT2D eigenvalue weighted by Crippen LogP contribution is -2.53. The summed E-state index contributed by atoms with van der Waals surface area (Å²) >= 11 is 0. The Bertz CT molecular complexity index is 124. The molecule has 14 heavy (non-hydrogen) atoms. The first-order valence-electron chi connectivity index (χ1n) is 5.13. The molecule has 0 aromatic heterocycles. The summed E-state index contributed by atoms with van der Waals surface area (Å²) in [6, 6.07) is 0. The van der Waals surface area contributed by atoms with E-state index in [1.54, 1.807) is 21.3 Å². The van der Waals surface area contributed by atoms with E-state index in [1.165, 1.54) is 6.42 Å². The van der Waals surface area contributed by atoms with Crippen LogP contribution in [-0.2, 0) is 14.2 Å². The molecular weight excluding hydrogens is 196 g/mol. The van der Waals surface area contributed by atoms with Gasteiger partial charge in [-0.15, -0.1) is 0 Å². The number of rotatable bonds is 8. The normalized spacial score (nSPS) is 14.4. The summed E-state index contributed by atoms with van der Waals surface area (Å²) in [6.07, 6.45) is 3.64. The smallest absolute Gasteiger partial charge is 0.143 e. The number of methoxy groups -OCH3 is 3. The fourth-order valence-corrected chi connectivity index (χ4v) is 5.54. The van der Waals surface area contributed by atoms with Crippen LogP contribution in [0.2, 0.25) is 5.54 Å². The Labute approximate surface area is 88.7 Å². The van der Waals surface area contributed by atoms with Crippen LogP contribution in [0.5, 0.6) is 0 Å². The van der Waals surface area contributed by atoms with Crippen molar-refractivity contribution in [2.24, 2.45) is 0 Å². The Morgan fingerprint density at radius 1 is 0.929 bits per heavy atom. The molecule has 0 aliphatic carbocycles. The Hall–Kier alpha value is 0.0969. The van der Waals surface area contributed by atoms with Crippen LogP contribution in [0.1, 0.15) is 20.3 Å². The molecule has 0 spiro atoms. The minimum atomic E-state index is -1.57. The fourth-order valence-electron chi connectivity index (χ4n) is 1.85. The highest BCUT2D eigenvalue weighted by atomic mass is 28.3. The van der Waals surface area contributed by atoms with Crippen LogP contribution >= 0.6 is 0 Å². The van der Waals surface area contributed by atoms with Crippen molar-refractivity contribution in [2.75, 3.05) is 40.0 Å². The Kier molecular flexibility index (Phi) is 7.45. The maximum atomic E-state index is 5.34. The van der Waals surface area contributed by atoms with Gasteiger partial charge in [0, 0.05) is 40.0 Å². The van der Waals surface area contributed by atoms with E-state index in [0.717, 1.165) is 18.7 Å². The van der Waals surface area contributed by atoms with Gasteiger partial charge in [-0.25, -0.2) is 0 Å². The van der Waals surface area contributed by atoms with Gasteiger partial charge in [0.2, 0.25) is 0 Å². The van der Waals surface area contributed by atoms with Gasteiger partial charge in [-0.05, 0) is 5.54 Å². The van der Waals surface area contributed by atoms with Crippen LogP contribution in [0.4, 0.5) is 0 Å². The largest absolute Gasteiger partial charge is 0.388 e. The minimum Gasteiger partial charge on any atom is -0.388 e. The second-order valence-electron chi connectivity index (χ2n) is 3.97. The van der Waals surface area contributed by atoms with Crippen molar-refractivity contribution in [1.29, 1.82) is 0 Å². The lowest BCUT2D eigenvalue weighted by atomic mass is 10.4. The fraction of sp³-hybridized carbons (Fsp3) is 1.00. The molecule has 0 aliphatic heterocycles. The Morgan fingerprint density at radius 3 is 1.50 bits per heavy atom. The molecule has 0 bridgehead atoms. The molecule has 0 aliphatic rings. The van der Waals surface area contributed by atoms with E-state index in [0.29, 0.717) is 5.54 Å². The van der Waals surface area contributed by atoms with Crippen LogP contribution in [0.25, 0.3) is 0 Å². The van der Waals surface area contributed by atoms with Gasteiger partial charge in [0.15, 0.2) is 0 Å². The average molecular weight is 220 g/mol. The first kappa shape index (κ1) is 14.1. The number of ether oxygens (including phenoxy) is 3. The molecule has 1 atom stereocenters. The lowest BCUT2D eigenvalue weighted by Gasteiger charge is -2.34. The minimum absolute atomic E-state index is 0.669. The predicted octanol–water partition coefficient (Wildman–Crippen LogP) is 1.79. The topological polar surface area (TPSA) is 27.7 Å². The summed E-state index contributed by atoms with van der Waals surface area (Å²) in [5.74, 6) is 0. The van der Waals surface area contributed by atoms with Crippen molar-refractivity contribution in [1.82, 2.24) is 0 Å². The molecule has 0 aromatic rings. The number of hydrogen-bond donors (Lipinski definition) is 0. The summed E-state index contributed by atoms with van der Waals surface area (Å²) in [5, 5.41) is 0. The highest BCUT2D eigenvalue weighted by Crippen LogP contribution is 2.25. The highest BCUT2D eigenvalue weighted by Gasteiger charge is 2.38. The monoisotopic (exact) mass is 220 g/mol. The van der Waals surface area contributed by atoms with Gasteiger partial charge in [0.1, 0.15) is 8.07 Å². The zero-order valence-corrected chi connectivity index (χ0v) is 11.1.